The maximum Gasteiger partial charge on any atom is 0.271 e. The number of nitrogens with one attached hydrogen (secondary N) is 1. The molecule has 0 bridgehead atoms. The monoisotopic (exact) mass is 320 g/mol. The Morgan fingerprint density at radius 1 is 1.25 bits per heavy atom. The van der Waals surface area contributed by atoms with Crippen LogP contribution in [0.25, 0.3) is 10.9 Å². The number of nitrogens with zero attached hydrogens (tertiary/aromatic N) is 2. The summed E-state index contributed by atoms with van der Waals surface area (Å²) in [6.45, 7) is 5.06. The summed E-state index contributed by atoms with van der Waals surface area (Å²) in [6.07, 6.45) is 1.70. The van der Waals surface area contributed by atoms with E-state index < -0.39 is 0 Å². The highest BCUT2D eigenvalue weighted by Crippen LogP contribution is 2.24. The summed E-state index contributed by atoms with van der Waals surface area (Å²) in [6, 6.07) is 15.0. The van der Waals surface area contributed by atoms with E-state index in [2.05, 4.69) is 41.1 Å². The molecular formula is C19H20N4O. The van der Waals surface area contributed by atoms with Gasteiger partial charge < -0.3 is 10.3 Å². The highest BCUT2D eigenvalue weighted by molar-refractivity contribution is 6.02. The van der Waals surface area contributed by atoms with Gasteiger partial charge in [0.15, 0.2) is 0 Å². The number of fused-ring (bicyclic) bond motifs is 1. The minimum atomic E-state index is -0.282. The molecule has 0 unspecified atom stereocenters. The average molecular weight is 320 g/mol. The number of carbonyl (C=O) groups excluding carboxylic acids is 1. The van der Waals surface area contributed by atoms with Gasteiger partial charge in [0.25, 0.3) is 5.91 Å². The molecule has 1 heterocycles. The van der Waals surface area contributed by atoms with Crippen molar-refractivity contribution in [3.63, 3.8) is 0 Å². The molecule has 0 aliphatic carbocycles. The SMILES string of the molecule is CCn1c(C)c(/C=N\NC(=O)c2cccc(N)c2)c2ccccc21. The minimum Gasteiger partial charge on any atom is -0.399 e. The zero-order valence-electron chi connectivity index (χ0n) is 13.8. The van der Waals surface area contributed by atoms with E-state index in [0.29, 0.717) is 11.3 Å². The van der Waals surface area contributed by atoms with Crippen molar-refractivity contribution in [2.75, 3.05) is 5.73 Å². The van der Waals surface area contributed by atoms with Crippen LogP contribution in [-0.2, 0) is 6.54 Å². The van der Waals surface area contributed by atoms with Gasteiger partial charge in [-0.2, -0.15) is 5.10 Å². The predicted molar refractivity (Wildman–Crippen MR) is 98.3 cm³/mol. The fourth-order valence-electron chi connectivity index (χ4n) is 2.93. The van der Waals surface area contributed by atoms with Crippen LogP contribution in [0.5, 0.6) is 0 Å². The third kappa shape index (κ3) is 2.88. The first-order valence-electron chi connectivity index (χ1n) is 7.88. The maximum atomic E-state index is 12.1. The van der Waals surface area contributed by atoms with Gasteiger partial charge in [0, 0.05) is 40.0 Å². The molecular weight excluding hydrogens is 300 g/mol. The van der Waals surface area contributed by atoms with Crippen LogP contribution in [-0.4, -0.2) is 16.7 Å². The average Bonchev–Trinajstić information content (AvgIpc) is 2.86. The van der Waals surface area contributed by atoms with Crippen molar-refractivity contribution in [2.24, 2.45) is 5.10 Å². The number of aromatic nitrogens is 1. The second-order valence-corrected chi connectivity index (χ2v) is 5.59. The lowest BCUT2D eigenvalue weighted by molar-refractivity contribution is 0.0955. The Bertz CT molecular complexity index is 924. The Labute approximate surface area is 140 Å². The van der Waals surface area contributed by atoms with Gasteiger partial charge in [-0.25, -0.2) is 5.43 Å². The lowest BCUT2D eigenvalue weighted by Crippen LogP contribution is -2.17. The van der Waals surface area contributed by atoms with E-state index in [9.17, 15) is 4.79 Å². The minimum absolute atomic E-state index is 0.282. The number of para-hydroxylation sites is 1. The number of nitrogens with two attached hydrogens (primary N) is 1. The van der Waals surface area contributed by atoms with Crippen LogP contribution in [0.2, 0.25) is 0 Å². The molecule has 0 atom stereocenters. The van der Waals surface area contributed by atoms with Crippen LogP contribution in [0, 0.1) is 6.92 Å². The Morgan fingerprint density at radius 3 is 2.79 bits per heavy atom. The molecule has 5 heteroatoms. The van der Waals surface area contributed by atoms with Crippen LogP contribution < -0.4 is 11.2 Å². The van der Waals surface area contributed by atoms with E-state index in [1.807, 2.05) is 12.1 Å². The second kappa shape index (κ2) is 6.58. The van der Waals surface area contributed by atoms with Gasteiger partial charge in [-0.1, -0.05) is 24.3 Å². The fraction of sp³-hybridized carbons (Fsp3) is 0.158. The Kier molecular flexibility index (Phi) is 4.33. The van der Waals surface area contributed by atoms with E-state index in [1.54, 1.807) is 30.5 Å². The molecule has 0 radical (unpaired) electrons. The molecule has 0 spiro atoms. The Hall–Kier alpha value is -3.08. The molecule has 24 heavy (non-hydrogen) atoms. The number of nitrogen functional groups attached to an aromatic ring is 1. The van der Waals surface area contributed by atoms with Crippen LogP contribution in [0.15, 0.2) is 53.6 Å². The first kappa shape index (κ1) is 15.8. The zero-order chi connectivity index (χ0) is 17.1. The largest absolute Gasteiger partial charge is 0.399 e. The van der Waals surface area contributed by atoms with Crippen LogP contribution >= 0.6 is 0 Å². The number of aryl methyl sites for hydroxylation is 1. The molecule has 0 aliphatic heterocycles. The van der Waals surface area contributed by atoms with Crippen molar-refractivity contribution in [2.45, 2.75) is 20.4 Å². The molecule has 0 fully saturated rings. The number of hydrogen-bond donors (Lipinski definition) is 2. The van der Waals surface area contributed by atoms with Crippen molar-refractivity contribution < 1.29 is 4.79 Å². The molecule has 1 aromatic heterocycles. The first-order valence-corrected chi connectivity index (χ1v) is 7.88. The van der Waals surface area contributed by atoms with Gasteiger partial charge in [0.05, 0.1) is 6.21 Å². The third-order valence-corrected chi connectivity index (χ3v) is 4.10. The molecule has 1 amide bonds. The van der Waals surface area contributed by atoms with Gasteiger partial charge in [-0.15, -0.1) is 0 Å². The molecule has 3 rings (SSSR count). The highest BCUT2D eigenvalue weighted by Gasteiger charge is 2.11. The number of anilines is 1. The number of benzene rings is 2. The summed E-state index contributed by atoms with van der Waals surface area (Å²) in [5, 5.41) is 5.25. The first-order chi connectivity index (χ1) is 11.6. The quantitative estimate of drug-likeness (QED) is 0.440. The summed E-state index contributed by atoms with van der Waals surface area (Å²) in [5.41, 5.74) is 12.6. The smallest absolute Gasteiger partial charge is 0.271 e. The van der Waals surface area contributed by atoms with Gasteiger partial charge in [-0.3, -0.25) is 4.79 Å². The van der Waals surface area contributed by atoms with E-state index in [4.69, 9.17) is 5.73 Å². The lowest BCUT2D eigenvalue weighted by atomic mass is 10.1. The van der Waals surface area contributed by atoms with Crippen LogP contribution in [0.3, 0.4) is 0 Å². The zero-order valence-corrected chi connectivity index (χ0v) is 13.8. The summed E-state index contributed by atoms with van der Waals surface area (Å²) in [7, 11) is 0. The normalized spacial score (nSPS) is 11.2. The summed E-state index contributed by atoms with van der Waals surface area (Å²) >= 11 is 0. The summed E-state index contributed by atoms with van der Waals surface area (Å²) in [5.74, 6) is -0.282. The summed E-state index contributed by atoms with van der Waals surface area (Å²) in [4.78, 5) is 12.1. The van der Waals surface area contributed by atoms with Crippen LogP contribution in [0.4, 0.5) is 5.69 Å². The van der Waals surface area contributed by atoms with Crippen molar-refractivity contribution in [1.29, 1.82) is 0 Å². The van der Waals surface area contributed by atoms with Gasteiger partial charge in [0.1, 0.15) is 0 Å². The van der Waals surface area contributed by atoms with E-state index >= 15 is 0 Å². The van der Waals surface area contributed by atoms with Crippen molar-refractivity contribution in [3.8, 4) is 0 Å². The third-order valence-electron chi connectivity index (χ3n) is 4.10. The van der Waals surface area contributed by atoms with Crippen molar-refractivity contribution in [1.82, 2.24) is 9.99 Å². The van der Waals surface area contributed by atoms with Crippen molar-refractivity contribution >= 4 is 28.7 Å². The maximum absolute atomic E-state index is 12.1. The fourth-order valence-corrected chi connectivity index (χ4v) is 2.93. The van der Waals surface area contributed by atoms with Gasteiger partial charge in [0.2, 0.25) is 0 Å². The number of carbonyl (C=O) groups is 1. The van der Waals surface area contributed by atoms with E-state index in [-0.39, 0.29) is 5.91 Å². The van der Waals surface area contributed by atoms with E-state index in [1.165, 1.54) is 5.52 Å². The molecule has 0 saturated carbocycles. The molecule has 5 nitrogen and oxygen atoms in total. The Balaban J connectivity index is 1.86. The second-order valence-electron chi connectivity index (χ2n) is 5.59. The summed E-state index contributed by atoms with van der Waals surface area (Å²) < 4.78 is 2.23. The standard InChI is InChI=1S/C19H20N4O/c1-3-23-13(2)17(16-9-4-5-10-18(16)23)12-21-22-19(24)14-7-6-8-15(20)11-14/h4-12H,3,20H2,1-2H3,(H,22,24)/b21-12-. The van der Waals surface area contributed by atoms with E-state index in [0.717, 1.165) is 23.2 Å². The topological polar surface area (TPSA) is 72.4 Å². The highest BCUT2D eigenvalue weighted by atomic mass is 16.2. The molecule has 0 saturated heterocycles. The van der Waals surface area contributed by atoms with Gasteiger partial charge >= 0.3 is 0 Å². The van der Waals surface area contributed by atoms with Gasteiger partial charge in [-0.05, 0) is 38.1 Å². The number of hydrogen-bond acceptors (Lipinski definition) is 3. The number of rotatable bonds is 4. The molecule has 2 aromatic carbocycles. The lowest BCUT2D eigenvalue weighted by Gasteiger charge is -2.03. The molecule has 122 valence electrons. The predicted octanol–water partition coefficient (Wildman–Crippen LogP) is 3.32. The number of hydrazone groups is 1. The van der Waals surface area contributed by atoms with Crippen LogP contribution in [0.1, 0.15) is 28.5 Å². The van der Waals surface area contributed by atoms with Crippen molar-refractivity contribution in [3.05, 3.63) is 65.4 Å². The molecule has 0 aliphatic rings. The Morgan fingerprint density at radius 2 is 2.04 bits per heavy atom. The molecule has 3 N–H and O–H groups in total. The number of amides is 1. The molecule has 3 aromatic rings.